The number of anilines is 1. The van der Waals surface area contributed by atoms with E-state index >= 15 is 0 Å². The first kappa shape index (κ1) is 16.1. The molecule has 4 nitrogen and oxygen atoms in total. The second-order valence-corrected chi connectivity index (χ2v) is 5.90. The van der Waals surface area contributed by atoms with Crippen LogP contribution in [0.25, 0.3) is 0 Å². The summed E-state index contributed by atoms with van der Waals surface area (Å²) in [6.45, 7) is 2.93. The lowest BCUT2D eigenvalue weighted by Gasteiger charge is -2.30. The summed E-state index contributed by atoms with van der Waals surface area (Å²) in [5, 5.41) is 0.659. The highest BCUT2D eigenvalue weighted by molar-refractivity contribution is 6.44. The number of carbonyl (C=O) groups excluding carboxylic acids is 2. The molecule has 0 radical (unpaired) electrons. The Morgan fingerprint density at radius 2 is 1.86 bits per heavy atom. The molecule has 1 aliphatic rings. The molecule has 0 bridgehead atoms. The molecule has 0 spiro atoms. The molecule has 6 heteroatoms. The summed E-state index contributed by atoms with van der Waals surface area (Å²) in [4.78, 5) is 27.4. The SMILES string of the molecule is CC(=O)N(CC(=O)N1CCCCC1)c1cccc(Cl)c1Cl. The topological polar surface area (TPSA) is 40.6 Å². The molecular weight excluding hydrogens is 311 g/mol. The summed E-state index contributed by atoms with van der Waals surface area (Å²) < 4.78 is 0. The number of hydrogen-bond donors (Lipinski definition) is 0. The van der Waals surface area contributed by atoms with Gasteiger partial charge in [-0.3, -0.25) is 9.59 Å². The van der Waals surface area contributed by atoms with Crippen molar-refractivity contribution < 1.29 is 9.59 Å². The minimum Gasteiger partial charge on any atom is -0.341 e. The molecule has 0 atom stereocenters. The van der Waals surface area contributed by atoms with E-state index in [0.29, 0.717) is 15.7 Å². The highest BCUT2D eigenvalue weighted by Gasteiger charge is 2.23. The number of amides is 2. The number of piperidine rings is 1. The zero-order valence-electron chi connectivity index (χ0n) is 11.9. The number of likely N-dealkylation sites (tertiary alicyclic amines) is 1. The summed E-state index contributed by atoms with van der Waals surface area (Å²) in [5.41, 5.74) is 0.474. The van der Waals surface area contributed by atoms with E-state index in [-0.39, 0.29) is 18.4 Å². The zero-order valence-corrected chi connectivity index (χ0v) is 13.5. The molecule has 2 amide bonds. The molecule has 1 aromatic carbocycles. The van der Waals surface area contributed by atoms with Crippen LogP contribution < -0.4 is 4.90 Å². The lowest BCUT2D eigenvalue weighted by molar-refractivity contribution is -0.132. The van der Waals surface area contributed by atoms with E-state index in [1.807, 2.05) is 0 Å². The predicted octanol–water partition coefficient (Wildman–Crippen LogP) is 3.36. The number of hydrogen-bond acceptors (Lipinski definition) is 2. The van der Waals surface area contributed by atoms with Crippen LogP contribution in [0.2, 0.25) is 10.0 Å². The van der Waals surface area contributed by atoms with Gasteiger partial charge in [0.2, 0.25) is 11.8 Å². The maximum absolute atomic E-state index is 12.3. The Balaban J connectivity index is 2.17. The lowest BCUT2D eigenvalue weighted by atomic mass is 10.1. The number of nitrogens with zero attached hydrogens (tertiary/aromatic N) is 2. The number of rotatable bonds is 3. The van der Waals surface area contributed by atoms with Crippen LogP contribution in [0.5, 0.6) is 0 Å². The molecule has 1 aromatic rings. The first-order valence-electron chi connectivity index (χ1n) is 7.00. The van der Waals surface area contributed by atoms with Crippen molar-refractivity contribution in [1.29, 1.82) is 0 Å². The average molecular weight is 329 g/mol. The van der Waals surface area contributed by atoms with Crippen molar-refractivity contribution in [3.05, 3.63) is 28.2 Å². The van der Waals surface area contributed by atoms with Crippen LogP contribution in [0.1, 0.15) is 26.2 Å². The van der Waals surface area contributed by atoms with Crippen molar-refractivity contribution in [2.24, 2.45) is 0 Å². The van der Waals surface area contributed by atoms with Gasteiger partial charge in [0.15, 0.2) is 0 Å². The molecule has 0 aliphatic carbocycles. The summed E-state index contributed by atoms with van der Waals surface area (Å²) in [5.74, 6) is -0.287. The second-order valence-electron chi connectivity index (χ2n) is 5.12. The molecule has 21 heavy (non-hydrogen) atoms. The van der Waals surface area contributed by atoms with E-state index in [9.17, 15) is 9.59 Å². The molecule has 1 heterocycles. The van der Waals surface area contributed by atoms with E-state index in [2.05, 4.69) is 0 Å². The van der Waals surface area contributed by atoms with Crippen molar-refractivity contribution in [2.45, 2.75) is 26.2 Å². The molecule has 1 saturated heterocycles. The van der Waals surface area contributed by atoms with Crippen LogP contribution in [0.3, 0.4) is 0 Å². The maximum atomic E-state index is 12.3. The number of carbonyl (C=O) groups is 2. The van der Waals surface area contributed by atoms with E-state index in [1.54, 1.807) is 23.1 Å². The molecule has 0 aromatic heterocycles. The van der Waals surface area contributed by atoms with Crippen molar-refractivity contribution in [2.75, 3.05) is 24.5 Å². The number of benzene rings is 1. The summed E-state index contributed by atoms with van der Waals surface area (Å²) >= 11 is 12.1. The second kappa shape index (κ2) is 7.14. The van der Waals surface area contributed by atoms with Crippen LogP contribution in [-0.4, -0.2) is 36.3 Å². The van der Waals surface area contributed by atoms with Crippen molar-refractivity contribution in [1.82, 2.24) is 4.90 Å². The minimum atomic E-state index is -0.232. The van der Waals surface area contributed by atoms with E-state index in [1.165, 1.54) is 11.8 Å². The van der Waals surface area contributed by atoms with Crippen molar-refractivity contribution in [3.8, 4) is 0 Å². The van der Waals surface area contributed by atoms with Crippen LogP contribution in [0.4, 0.5) is 5.69 Å². The normalized spacial score (nSPS) is 14.9. The predicted molar refractivity (Wildman–Crippen MR) is 84.9 cm³/mol. The van der Waals surface area contributed by atoms with Gasteiger partial charge in [-0.2, -0.15) is 0 Å². The van der Waals surface area contributed by atoms with E-state index in [4.69, 9.17) is 23.2 Å². The molecule has 1 fully saturated rings. The molecule has 0 N–H and O–H groups in total. The van der Waals surface area contributed by atoms with Crippen LogP contribution in [-0.2, 0) is 9.59 Å². The van der Waals surface area contributed by atoms with E-state index in [0.717, 1.165) is 32.4 Å². The quantitative estimate of drug-likeness (QED) is 0.853. The third kappa shape index (κ3) is 3.89. The standard InChI is InChI=1S/C15H18Cl2N2O2/c1-11(20)19(13-7-5-6-12(16)15(13)17)10-14(21)18-8-3-2-4-9-18/h5-7H,2-4,8-10H2,1H3. The van der Waals surface area contributed by atoms with Gasteiger partial charge >= 0.3 is 0 Å². The van der Waals surface area contributed by atoms with Crippen LogP contribution in [0.15, 0.2) is 18.2 Å². The fourth-order valence-electron chi connectivity index (χ4n) is 2.45. The maximum Gasteiger partial charge on any atom is 0.242 e. The van der Waals surface area contributed by atoms with Crippen LogP contribution in [0, 0.1) is 0 Å². The molecule has 114 valence electrons. The van der Waals surface area contributed by atoms with Gasteiger partial charge in [0.05, 0.1) is 15.7 Å². The fraction of sp³-hybridized carbons (Fsp3) is 0.467. The summed E-state index contributed by atoms with van der Waals surface area (Å²) in [6, 6.07) is 5.06. The Bertz CT molecular complexity index is 542. The van der Waals surface area contributed by atoms with Crippen molar-refractivity contribution in [3.63, 3.8) is 0 Å². The highest BCUT2D eigenvalue weighted by Crippen LogP contribution is 2.32. The van der Waals surface area contributed by atoms with Gasteiger partial charge in [0.25, 0.3) is 0 Å². The smallest absolute Gasteiger partial charge is 0.242 e. The van der Waals surface area contributed by atoms with Gasteiger partial charge in [-0.25, -0.2) is 0 Å². The summed E-state index contributed by atoms with van der Waals surface area (Å²) in [7, 11) is 0. The first-order chi connectivity index (χ1) is 10.0. The first-order valence-corrected chi connectivity index (χ1v) is 7.76. The van der Waals surface area contributed by atoms with Gasteiger partial charge in [0, 0.05) is 20.0 Å². The molecule has 1 aliphatic heterocycles. The zero-order chi connectivity index (χ0) is 15.4. The van der Waals surface area contributed by atoms with Crippen molar-refractivity contribution >= 4 is 40.7 Å². The summed E-state index contributed by atoms with van der Waals surface area (Å²) in [6.07, 6.45) is 3.19. The highest BCUT2D eigenvalue weighted by atomic mass is 35.5. The molecule has 0 saturated carbocycles. The lowest BCUT2D eigenvalue weighted by Crippen LogP contribution is -2.44. The van der Waals surface area contributed by atoms with Gasteiger partial charge in [-0.1, -0.05) is 29.3 Å². The van der Waals surface area contributed by atoms with Gasteiger partial charge < -0.3 is 9.80 Å². The fourth-order valence-corrected chi connectivity index (χ4v) is 2.84. The Morgan fingerprint density at radius 1 is 1.19 bits per heavy atom. The third-order valence-corrected chi connectivity index (χ3v) is 4.41. The molecule has 0 unspecified atom stereocenters. The average Bonchev–Trinajstić information content (AvgIpc) is 2.48. The van der Waals surface area contributed by atoms with Gasteiger partial charge in [0.1, 0.15) is 6.54 Å². The molecular formula is C15H18Cl2N2O2. The Hall–Kier alpha value is -1.26. The van der Waals surface area contributed by atoms with Gasteiger partial charge in [-0.05, 0) is 31.4 Å². The Kier molecular flexibility index (Phi) is 5.48. The van der Waals surface area contributed by atoms with Gasteiger partial charge in [-0.15, -0.1) is 0 Å². The third-order valence-electron chi connectivity index (χ3n) is 3.60. The number of halogens is 2. The Morgan fingerprint density at radius 3 is 2.48 bits per heavy atom. The molecule has 2 rings (SSSR count). The Labute approximate surface area is 134 Å². The van der Waals surface area contributed by atoms with E-state index < -0.39 is 0 Å². The monoisotopic (exact) mass is 328 g/mol. The minimum absolute atomic E-state index is 0.00457. The van der Waals surface area contributed by atoms with Crippen LogP contribution >= 0.6 is 23.2 Å². The largest absolute Gasteiger partial charge is 0.341 e.